The van der Waals surface area contributed by atoms with Gasteiger partial charge in [0, 0.05) is 0 Å². The normalized spacial score (nSPS) is 17.3. The van der Waals surface area contributed by atoms with Gasteiger partial charge in [-0.2, -0.15) is 0 Å². The topological polar surface area (TPSA) is 0 Å². The van der Waals surface area contributed by atoms with Crippen LogP contribution in [0.15, 0.2) is 91.0 Å². The number of allylic oxidation sites excluding steroid dienone is 2. The Morgan fingerprint density at radius 3 is 1.66 bits per heavy atom. The smallest absolute Gasteiger partial charge is 1.00 e. The summed E-state index contributed by atoms with van der Waals surface area (Å²) in [6, 6.07) is 30.5. The first kappa shape index (κ1) is 22.3. The van der Waals surface area contributed by atoms with E-state index in [9.17, 15) is 0 Å². The molecule has 0 nitrogen and oxygen atoms in total. The third-order valence-electron chi connectivity index (χ3n) is 5.73. The molecule has 3 aromatic rings. The minimum atomic E-state index is -1.42. The molecular formula is C25H22Cl2SiTi. The average Bonchev–Trinajstić information content (AvgIpc) is 3.34. The van der Waals surface area contributed by atoms with E-state index in [-0.39, 0.29) is 24.8 Å². The van der Waals surface area contributed by atoms with Gasteiger partial charge in [0.15, 0.2) is 0 Å². The fourth-order valence-corrected chi connectivity index (χ4v) is 16.2. The molecule has 2 aliphatic carbocycles. The molecule has 0 spiro atoms. The van der Waals surface area contributed by atoms with Crippen LogP contribution < -0.4 is 24.8 Å². The summed E-state index contributed by atoms with van der Waals surface area (Å²) in [5.74, 6) is 0. The summed E-state index contributed by atoms with van der Waals surface area (Å²) >= 11 is -1.42. The first-order chi connectivity index (χ1) is 13.4. The van der Waals surface area contributed by atoms with Crippen molar-refractivity contribution in [2.24, 2.45) is 0 Å². The van der Waals surface area contributed by atoms with Crippen LogP contribution in [0.2, 0.25) is 0 Å². The minimum absolute atomic E-state index is 0. The molecule has 0 heterocycles. The molecule has 144 valence electrons. The van der Waals surface area contributed by atoms with Gasteiger partial charge >= 0.3 is 169 Å². The largest absolute Gasteiger partial charge is 1.00 e. The summed E-state index contributed by atoms with van der Waals surface area (Å²) in [6.07, 6.45) is 9.82. The first-order valence-corrected chi connectivity index (χ1v) is 15.6. The van der Waals surface area contributed by atoms with Crippen LogP contribution >= 0.6 is 0 Å². The Labute approximate surface area is 192 Å². The van der Waals surface area contributed by atoms with Gasteiger partial charge in [-0.05, 0) is 0 Å². The van der Waals surface area contributed by atoms with Gasteiger partial charge in [0.1, 0.15) is 0 Å². The summed E-state index contributed by atoms with van der Waals surface area (Å²) in [5.41, 5.74) is 7.59. The van der Waals surface area contributed by atoms with Crippen LogP contribution in [-0.2, 0) is 22.7 Å². The van der Waals surface area contributed by atoms with E-state index in [1.807, 2.05) is 0 Å². The van der Waals surface area contributed by atoms with Crippen molar-refractivity contribution >= 4 is 19.1 Å². The van der Waals surface area contributed by atoms with E-state index in [1.54, 1.807) is 11.1 Å². The average molecular weight is 469 g/mol. The van der Waals surface area contributed by atoms with Gasteiger partial charge in [0.05, 0.1) is 0 Å². The van der Waals surface area contributed by atoms with E-state index in [1.165, 1.54) is 22.7 Å². The summed E-state index contributed by atoms with van der Waals surface area (Å²) < 4.78 is 1.39. The summed E-state index contributed by atoms with van der Waals surface area (Å²) in [6.45, 7) is 0.455. The van der Waals surface area contributed by atoms with Crippen molar-refractivity contribution in [3.63, 3.8) is 0 Å². The zero-order valence-electron chi connectivity index (χ0n) is 16.0. The third kappa shape index (κ3) is 4.55. The summed E-state index contributed by atoms with van der Waals surface area (Å²) in [4.78, 5) is 0. The molecule has 0 bridgehead atoms. The molecule has 0 saturated carbocycles. The number of fused-ring (bicyclic) bond motifs is 2. The predicted octanol–water partition coefficient (Wildman–Crippen LogP) is -0.299. The molecule has 0 N–H and O–H groups in total. The molecule has 2 aliphatic rings. The second-order valence-corrected chi connectivity index (χ2v) is 16.3. The Kier molecular flexibility index (Phi) is 7.79. The van der Waals surface area contributed by atoms with Crippen LogP contribution in [0.4, 0.5) is 0 Å². The summed E-state index contributed by atoms with van der Waals surface area (Å²) in [7, 11) is 0. The second kappa shape index (κ2) is 10.1. The zero-order chi connectivity index (χ0) is 18.1. The molecule has 0 fully saturated rings. The molecule has 5 rings (SSSR count). The summed E-state index contributed by atoms with van der Waals surface area (Å²) in [5, 5.41) is 0. The second-order valence-electron chi connectivity index (χ2n) is 7.33. The maximum Gasteiger partial charge on any atom is -1.00 e. The van der Waals surface area contributed by atoms with E-state index >= 15 is 0 Å². The van der Waals surface area contributed by atoms with Gasteiger partial charge in [-0.25, -0.2) is 0 Å². The van der Waals surface area contributed by atoms with E-state index in [0.717, 1.165) is 0 Å². The standard InChI is InChI=1S/2C9H7.C7H8Si.2ClH.Ti/c2*1-2-5-9-7-3-6-8(9)4-1;8-6-7-4-2-1-3-5-7;;;/h2*1-7H;1-5,8H,6H2;2*1H;/q;;;;;+2/p-2. The van der Waals surface area contributed by atoms with Gasteiger partial charge in [0.2, 0.25) is 0 Å². The van der Waals surface area contributed by atoms with Crippen molar-refractivity contribution in [2.75, 3.05) is 0 Å². The van der Waals surface area contributed by atoms with Crippen molar-refractivity contribution in [2.45, 2.75) is 14.5 Å². The molecule has 0 aromatic heterocycles. The maximum absolute atomic E-state index is 2.53. The van der Waals surface area contributed by atoms with Crippen molar-refractivity contribution in [3.05, 3.63) is 119 Å². The van der Waals surface area contributed by atoms with Gasteiger partial charge in [-0.3, -0.25) is 0 Å². The van der Waals surface area contributed by atoms with Crippen LogP contribution in [0, 0.1) is 0 Å². The van der Waals surface area contributed by atoms with Crippen LogP contribution in [0.1, 0.15) is 36.3 Å². The predicted molar refractivity (Wildman–Crippen MR) is 114 cm³/mol. The monoisotopic (exact) mass is 468 g/mol. The third-order valence-corrected chi connectivity index (χ3v) is 16.8. The van der Waals surface area contributed by atoms with E-state index < -0.39 is 16.6 Å². The molecule has 29 heavy (non-hydrogen) atoms. The minimum Gasteiger partial charge on any atom is -1.00 e. The van der Waals surface area contributed by atoms with Gasteiger partial charge in [-0.15, -0.1) is 0 Å². The number of halogens is 2. The van der Waals surface area contributed by atoms with E-state index in [0.29, 0.717) is 15.4 Å². The number of benzene rings is 3. The SMILES string of the molecule is C1=C[CH]([Ti+2](=[SiH]Cc2ccccc2)[CH]2C=Cc3ccccc32)c2ccccc21.[Cl-].[Cl-]. The fourth-order valence-electron chi connectivity index (χ4n) is 4.38. The van der Waals surface area contributed by atoms with Crippen LogP contribution in [0.25, 0.3) is 12.2 Å². The Morgan fingerprint density at radius 1 is 0.621 bits per heavy atom. The molecule has 2 unspecified atom stereocenters. The van der Waals surface area contributed by atoms with E-state index in [4.69, 9.17) is 0 Å². The molecular weight excluding hydrogens is 447 g/mol. The van der Waals surface area contributed by atoms with Crippen LogP contribution in [0.5, 0.6) is 0 Å². The quantitative estimate of drug-likeness (QED) is 0.461. The van der Waals surface area contributed by atoms with Crippen LogP contribution in [0.3, 0.4) is 0 Å². The molecule has 3 aromatic carbocycles. The molecule has 0 amide bonds. The first-order valence-electron chi connectivity index (χ1n) is 9.68. The Bertz CT molecular complexity index is 1010. The van der Waals surface area contributed by atoms with Gasteiger partial charge in [0.25, 0.3) is 0 Å². The Hall–Kier alpha value is -1.35. The molecule has 0 saturated heterocycles. The molecule has 4 heteroatoms. The van der Waals surface area contributed by atoms with Crippen molar-refractivity contribution < 1.29 is 41.4 Å². The molecule has 0 radical (unpaired) electrons. The van der Waals surface area contributed by atoms with Crippen molar-refractivity contribution in [1.82, 2.24) is 0 Å². The maximum atomic E-state index is 2.53. The Morgan fingerprint density at radius 2 is 1.10 bits per heavy atom. The van der Waals surface area contributed by atoms with Crippen molar-refractivity contribution in [3.8, 4) is 0 Å². The number of hydrogen-bond acceptors (Lipinski definition) is 0. The zero-order valence-corrected chi connectivity index (χ0v) is 20.2. The number of hydrogen-bond donors (Lipinski definition) is 0. The number of rotatable bonds is 4. The van der Waals surface area contributed by atoms with Crippen LogP contribution in [-0.4, -0.2) is 6.91 Å². The molecule has 0 aliphatic heterocycles. The van der Waals surface area contributed by atoms with Gasteiger partial charge in [-0.1, -0.05) is 0 Å². The Balaban J connectivity index is 0.00000120. The van der Waals surface area contributed by atoms with E-state index in [2.05, 4.69) is 103 Å². The molecule has 2 atom stereocenters. The van der Waals surface area contributed by atoms with Gasteiger partial charge < -0.3 is 24.8 Å². The fraction of sp³-hybridized carbons (Fsp3) is 0.120. The van der Waals surface area contributed by atoms with Crippen molar-refractivity contribution in [1.29, 1.82) is 0 Å².